The average Bonchev–Trinajstić information content (AvgIpc) is 2.48. The molecule has 0 saturated carbocycles. The van der Waals surface area contributed by atoms with Crippen LogP contribution in [-0.2, 0) is 4.74 Å². The van der Waals surface area contributed by atoms with Gasteiger partial charge in [-0.1, -0.05) is 36.9 Å². The molecule has 108 valence electrons. The first-order valence-corrected chi connectivity index (χ1v) is 6.71. The Morgan fingerprint density at radius 3 is 2.38 bits per heavy atom. The normalized spacial score (nSPS) is 9.00. The van der Waals surface area contributed by atoms with Crippen molar-refractivity contribution in [1.82, 2.24) is 0 Å². The zero-order chi connectivity index (χ0) is 15.7. The predicted octanol–water partition coefficient (Wildman–Crippen LogP) is 4.36. The van der Waals surface area contributed by atoms with Crippen LogP contribution in [0.1, 0.15) is 19.4 Å². The number of hydrogen-bond acceptors (Lipinski definition) is 3. The van der Waals surface area contributed by atoms with Crippen molar-refractivity contribution in [3.63, 3.8) is 0 Å². The Morgan fingerprint density at radius 2 is 1.90 bits per heavy atom. The minimum Gasteiger partial charge on any atom is -0.499 e. The first kappa shape index (κ1) is 16.3. The quantitative estimate of drug-likeness (QED) is 0.671. The molecule has 0 fully saturated rings. The number of nitriles is 1. The van der Waals surface area contributed by atoms with Gasteiger partial charge in [-0.25, -0.2) is 0 Å². The number of anilines is 1. The first-order valence-electron chi connectivity index (χ1n) is 6.71. The van der Waals surface area contributed by atoms with Crippen molar-refractivity contribution >= 4 is 5.69 Å². The van der Waals surface area contributed by atoms with Crippen LogP contribution < -0.4 is 5.73 Å². The highest BCUT2D eigenvalue weighted by Gasteiger charge is 2.04. The fraction of sp³-hybridized carbons (Fsp3) is 0.167. The molecule has 2 aromatic rings. The van der Waals surface area contributed by atoms with E-state index in [1.165, 1.54) is 0 Å². The molecule has 0 amide bonds. The van der Waals surface area contributed by atoms with Crippen LogP contribution in [0.3, 0.4) is 0 Å². The lowest BCUT2D eigenvalue weighted by Gasteiger charge is -2.04. The summed E-state index contributed by atoms with van der Waals surface area (Å²) in [5, 5.41) is 8.98. The van der Waals surface area contributed by atoms with E-state index in [1.807, 2.05) is 50.2 Å². The largest absolute Gasteiger partial charge is 0.499 e. The number of benzene rings is 2. The molecule has 0 unspecified atom stereocenters. The minimum atomic E-state index is 0.649. The number of nitrogen functional groups attached to an aromatic ring is 1. The van der Waals surface area contributed by atoms with Crippen LogP contribution in [-0.4, -0.2) is 6.61 Å². The van der Waals surface area contributed by atoms with Gasteiger partial charge in [-0.05, 0) is 37.6 Å². The zero-order valence-electron chi connectivity index (χ0n) is 12.5. The molecule has 3 nitrogen and oxygen atoms in total. The van der Waals surface area contributed by atoms with Crippen LogP contribution >= 0.6 is 0 Å². The molecule has 0 aliphatic carbocycles. The molecule has 2 N–H and O–H groups in total. The molecule has 0 spiro atoms. The summed E-state index contributed by atoms with van der Waals surface area (Å²) in [6.07, 6.45) is 0. The molecule has 0 saturated heterocycles. The van der Waals surface area contributed by atoms with Gasteiger partial charge in [0.1, 0.15) is 0 Å². The maximum Gasteiger partial charge on any atom is 0.0998 e. The fourth-order valence-electron chi connectivity index (χ4n) is 1.76. The van der Waals surface area contributed by atoms with Gasteiger partial charge in [-0.3, -0.25) is 0 Å². The molecular weight excluding hydrogens is 260 g/mol. The SMILES string of the molecule is C=C(C)OCC.N#Cc1ccc(N)cc1-c1ccccc1. The number of allylic oxidation sites excluding steroid dienone is 1. The van der Waals surface area contributed by atoms with Crippen LogP contribution in [0.4, 0.5) is 5.69 Å². The number of nitrogens with two attached hydrogens (primary N) is 1. The van der Waals surface area contributed by atoms with Gasteiger partial charge in [-0.15, -0.1) is 0 Å². The third kappa shape index (κ3) is 5.42. The minimum absolute atomic E-state index is 0.649. The van der Waals surface area contributed by atoms with E-state index in [0.717, 1.165) is 23.5 Å². The number of nitrogens with zero attached hydrogens (tertiary/aromatic N) is 1. The number of ether oxygens (including phenoxy) is 1. The van der Waals surface area contributed by atoms with E-state index in [-0.39, 0.29) is 0 Å². The summed E-state index contributed by atoms with van der Waals surface area (Å²) >= 11 is 0. The summed E-state index contributed by atoms with van der Waals surface area (Å²) < 4.78 is 4.85. The summed E-state index contributed by atoms with van der Waals surface area (Å²) in [7, 11) is 0. The Kier molecular flexibility index (Phi) is 6.56. The van der Waals surface area contributed by atoms with E-state index in [1.54, 1.807) is 12.1 Å². The summed E-state index contributed by atoms with van der Waals surface area (Å²) in [6.45, 7) is 8.03. The van der Waals surface area contributed by atoms with Crippen molar-refractivity contribution in [2.45, 2.75) is 13.8 Å². The van der Waals surface area contributed by atoms with Gasteiger partial charge in [0, 0.05) is 11.3 Å². The molecule has 0 aromatic heterocycles. The monoisotopic (exact) mass is 280 g/mol. The highest BCUT2D eigenvalue weighted by Crippen LogP contribution is 2.25. The van der Waals surface area contributed by atoms with E-state index < -0.39 is 0 Å². The summed E-state index contributed by atoms with van der Waals surface area (Å²) in [4.78, 5) is 0. The standard InChI is InChI=1S/C13H10N2.C5H10O/c14-9-11-6-7-12(15)8-13(11)10-4-2-1-3-5-10;1-4-6-5(2)3/h1-8H,15H2;2,4H2,1,3H3. The topological polar surface area (TPSA) is 59.0 Å². The van der Waals surface area contributed by atoms with Crippen LogP contribution in [0.5, 0.6) is 0 Å². The van der Waals surface area contributed by atoms with Crippen LogP contribution in [0, 0.1) is 11.3 Å². The van der Waals surface area contributed by atoms with Crippen molar-refractivity contribution in [2.75, 3.05) is 12.3 Å². The Morgan fingerprint density at radius 1 is 1.24 bits per heavy atom. The van der Waals surface area contributed by atoms with Gasteiger partial charge in [0.15, 0.2) is 0 Å². The van der Waals surface area contributed by atoms with Crippen LogP contribution in [0.25, 0.3) is 11.1 Å². The zero-order valence-corrected chi connectivity index (χ0v) is 12.5. The van der Waals surface area contributed by atoms with Crippen LogP contribution in [0.2, 0.25) is 0 Å². The predicted molar refractivity (Wildman–Crippen MR) is 87.4 cm³/mol. The van der Waals surface area contributed by atoms with E-state index >= 15 is 0 Å². The van der Waals surface area contributed by atoms with Gasteiger partial charge in [0.05, 0.1) is 24.0 Å². The third-order valence-corrected chi connectivity index (χ3v) is 2.64. The van der Waals surface area contributed by atoms with E-state index in [9.17, 15) is 0 Å². The molecular formula is C18H20N2O. The van der Waals surface area contributed by atoms with Gasteiger partial charge in [0.2, 0.25) is 0 Å². The number of hydrogen-bond donors (Lipinski definition) is 1. The van der Waals surface area contributed by atoms with E-state index in [2.05, 4.69) is 12.6 Å². The lowest BCUT2D eigenvalue weighted by molar-refractivity contribution is 0.233. The summed E-state index contributed by atoms with van der Waals surface area (Å²) in [5.74, 6) is 0.789. The smallest absolute Gasteiger partial charge is 0.0998 e. The van der Waals surface area contributed by atoms with Gasteiger partial charge in [-0.2, -0.15) is 5.26 Å². The second kappa shape index (κ2) is 8.44. The maximum atomic E-state index is 8.98. The Balaban J connectivity index is 0.000000315. The third-order valence-electron chi connectivity index (χ3n) is 2.64. The molecule has 2 aromatic carbocycles. The molecule has 3 heteroatoms. The molecule has 0 heterocycles. The van der Waals surface area contributed by atoms with Crippen molar-refractivity contribution in [2.24, 2.45) is 0 Å². The lowest BCUT2D eigenvalue weighted by Crippen LogP contribution is -1.89. The molecule has 0 atom stereocenters. The Labute approximate surface area is 126 Å². The highest BCUT2D eigenvalue weighted by atomic mass is 16.5. The molecule has 0 aliphatic heterocycles. The highest BCUT2D eigenvalue weighted by molar-refractivity contribution is 5.73. The van der Waals surface area contributed by atoms with Crippen molar-refractivity contribution in [3.8, 4) is 17.2 Å². The Hall–Kier alpha value is -2.73. The first-order chi connectivity index (χ1) is 10.1. The van der Waals surface area contributed by atoms with Gasteiger partial charge in [0.25, 0.3) is 0 Å². The van der Waals surface area contributed by atoms with Crippen molar-refractivity contribution in [1.29, 1.82) is 5.26 Å². The summed E-state index contributed by atoms with van der Waals surface area (Å²) in [6, 6.07) is 17.3. The van der Waals surface area contributed by atoms with E-state index in [4.69, 9.17) is 15.7 Å². The van der Waals surface area contributed by atoms with Crippen molar-refractivity contribution in [3.05, 3.63) is 66.4 Å². The maximum absolute atomic E-state index is 8.98. The number of rotatable bonds is 3. The summed E-state index contributed by atoms with van der Waals surface area (Å²) in [5.41, 5.74) is 8.93. The van der Waals surface area contributed by atoms with Crippen molar-refractivity contribution < 1.29 is 4.74 Å². The van der Waals surface area contributed by atoms with Gasteiger partial charge < -0.3 is 10.5 Å². The average molecular weight is 280 g/mol. The fourth-order valence-corrected chi connectivity index (χ4v) is 1.76. The second-order valence-corrected chi connectivity index (χ2v) is 4.42. The Bertz CT molecular complexity index is 627. The van der Waals surface area contributed by atoms with Gasteiger partial charge >= 0.3 is 0 Å². The lowest BCUT2D eigenvalue weighted by atomic mass is 10.00. The molecule has 0 bridgehead atoms. The molecule has 0 aliphatic rings. The molecule has 2 rings (SSSR count). The molecule has 21 heavy (non-hydrogen) atoms. The second-order valence-electron chi connectivity index (χ2n) is 4.42. The molecule has 0 radical (unpaired) electrons. The van der Waals surface area contributed by atoms with E-state index in [0.29, 0.717) is 11.3 Å². The van der Waals surface area contributed by atoms with Crippen LogP contribution in [0.15, 0.2) is 60.9 Å².